The lowest BCUT2D eigenvalue weighted by Gasteiger charge is -2.33. The van der Waals surface area contributed by atoms with Gasteiger partial charge in [-0.05, 0) is 63.5 Å². The number of carbonyl (C=O) groups excluding carboxylic acids is 1. The highest BCUT2D eigenvalue weighted by Crippen LogP contribution is 2.18. The molecule has 0 radical (unpaired) electrons. The summed E-state index contributed by atoms with van der Waals surface area (Å²) in [5.41, 5.74) is 3.29. The minimum atomic E-state index is 0.0871. The zero-order valence-corrected chi connectivity index (χ0v) is 13.4. The molecule has 2 N–H and O–H groups in total. The standard InChI is InChI=1S/C17H27N3O/c1-4-20(15-8-10-18-11-9-15)12-17(21)19-16-7-5-6-13(2)14(16)3/h5-7,15,18H,4,8-12H2,1-3H3,(H,19,21). The van der Waals surface area contributed by atoms with Gasteiger partial charge in [-0.15, -0.1) is 0 Å². The van der Waals surface area contributed by atoms with Crippen LogP contribution in [0.5, 0.6) is 0 Å². The van der Waals surface area contributed by atoms with E-state index in [-0.39, 0.29) is 5.91 Å². The van der Waals surface area contributed by atoms with Crippen molar-refractivity contribution in [3.05, 3.63) is 29.3 Å². The van der Waals surface area contributed by atoms with E-state index in [1.807, 2.05) is 12.1 Å². The maximum Gasteiger partial charge on any atom is 0.238 e. The first-order valence-electron chi connectivity index (χ1n) is 7.92. The van der Waals surface area contributed by atoms with Crippen molar-refractivity contribution in [3.8, 4) is 0 Å². The molecule has 0 aliphatic carbocycles. The Kier molecular flexibility index (Phi) is 5.76. The lowest BCUT2D eigenvalue weighted by Crippen LogP contribution is -2.46. The Balaban J connectivity index is 1.94. The van der Waals surface area contributed by atoms with E-state index in [0.717, 1.165) is 43.7 Å². The summed E-state index contributed by atoms with van der Waals surface area (Å²) in [4.78, 5) is 14.6. The molecule has 0 aromatic heterocycles. The Bertz CT molecular complexity index is 481. The quantitative estimate of drug-likeness (QED) is 0.874. The lowest BCUT2D eigenvalue weighted by atomic mass is 10.0. The molecule has 1 amide bonds. The summed E-state index contributed by atoms with van der Waals surface area (Å²) < 4.78 is 0. The molecular formula is C17H27N3O. The maximum absolute atomic E-state index is 12.3. The van der Waals surface area contributed by atoms with Gasteiger partial charge in [0.05, 0.1) is 6.54 Å². The Morgan fingerprint density at radius 1 is 1.33 bits per heavy atom. The van der Waals surface area contributed by atoms with Crippen molar-refractivity contribution in [1.29, 1.82) is 0 Å². The third kappa shape index (κ3) is 4.29. The molecule has 2 rings (SSSR count). The van der Waals surface area contributed by atoms with E-state index in [1.165, 1.54) is 5.56 Å². The number of nitrogens with zero attached hydrogens (tertiary/aromatic N) is 1. The van der Waals surface area contributed by atoms with Crippen LogP contribution >= 0.6 is 0 Å². The highest BCUT2D eigenvalue weighted by molar-refractivity contribution is 5.93. The highest BCUT2D eigenvalue weighted by atomic mass is 16.2. The fraction of sp³-hybridized carbons (Fsp3) is 0.588. The van der Waals surface area contributed by atoms with E-state index in [4.69, 9.17) is 0 Å². The Labute approximate surface area is 127 Å². The molecule has 1 aliphatic heterocycles. The van der Waals surface area contributed by atoms with Gasteiger partial charge in [-0.3, -0.25) is 9.69 Å². The Morgan fingerprint density at radius 2 is 2.05 bits per heavy atom. The first-order valence-corrected chi connectivity index (χ1v) is 7.92. The molecular weight excluding hydrogens is 262 g/mol. The van der Waals surface area contributed by atoms with Gasteiger partial charge < -0.3 is 10.6 Å². The summed E-state index contributed by atoms with van der Waals surface area (Å²) in [6.07, 6.45) is 2.26. The predicted octanol–water partition coefficient (Wildman–Crippen LogP) is 2.32. The Hall–Kier alpha value is -1.39. The number of aryl methyl sites for hydroxylation is 1. The van der Waals surface area contributed by atoms with Gasteiger partial charge in [-0.2, -0.15) is 0 Å². The second-order valence-corrected chi connectivity index (χ2v) is 5.84. The molecule has 1 aromatic carbocycles. The number of anilines is 1. The molecule has 0 saturated carbocycles. The molecule has 1 aromatic rings. The molecule has 1 heterocycles. The van der Waals surface area contributed by atoms with Gasteiger partial charge in [0, 0.05) is 11.7 Å². The minimum Gasteiger partial charge on any atom is -0.325 e. The van der Waals surface area contributed by atoms with Crippen LogP contribution in [0.15, 0.2) is 18.2 Å². The van der Waals surface area contributed by atoms with Gasteiger partial charge in [-0.1, -0.05) is 19.1 Å². The topological polar surface area (TPSA) is 44.4 Å². The normalized spacial score (nSPS) is 16.2. The number of carbonyl (C=O) groups is 1. The molecule has 116 valence electrons. The summed E-state index contributed by atoms with van der Waals surface area (Å²) >= 11 is 0. The Morgan fingerprint density at radius 3 is 2.71 bits per heavy atom. The highest BCUT2D eigenvalue weighted by Gasteiger charge is 2.21. The van der Waals surface area contributed by atoms with Gasteiger partial charge in [0.25, 0.3) is 0 Å². The molecule has 21 heavy (non-hydrogen) atoms. The summed E-state index contributed by atoms with van der Waals surface area (Å²) in [7, 11) is 0. The van der Waals surface area contributed by atoms with Crippen molar-refractivity contribution in [2.24, 2.45) is 0 Å². The average molecular weight is 289 g/mol. The van der Waals surface area contributed by atoms with E-state index < -0.39 is 0 Å². The summed E-state index contributed by atoms with van der Waals surface area (Å²) in [5.74, 6) is 0.0871. The summed E-state index contributed by atoms with van der Waals surface area (Å²) in [6.45, 7) is 9.76. The van der Waals surface area contributed by atoms with Gasteiger partial charge in [-0.25, -0.2) is 0 Å². The fourth-order valence-corrected chi connectivity index (χ4v) is 2.93. The molecule has 1 saturated heterocycles. The number of benzene rings is 1. The zero-order chi connectivity index (χ0) is 15.2. The van der Waals surface area contributed by atoms with Crippen LogP contribution in [0.1, 0.15) is 30.9 Å². The van der Waals surface area contributed by atoms with Crippen LogP contribution in [0, 0.1) is 13.8 Å². The molecule has 0 spiro atoms. The number of amides is 1. The number of rotatable bonds is 5. The molecule has 1 fully saturated rings. The largest absolute Gasteiger partial charge is 0.325 e. The number of piperidine rings is 1. The fourth-order valence-electron chi connectivity index (χ4n) is 2.93. The summed E-state index contributed by atoms with van der Waals surface area (Å²) in [6, 6.07) is 6.56. The zero-order valence-electron chi connectivity index (χ0n) is 13.4. The molecule has 0 atom stereocenters. The number of nitrogens with one attached hydrogen (secondary N) is 2. The van der Waals surface area contributed by atoms with Crippen LogP contribution in [0.4, 0.5) is 5.69 Å². The lowest BCUT2D eigenvalue weighted by molar-refractivity contribution is -0.118. The average Bonchev–Trinajstić information content (AvgIpc) is 2.50. The van der Waals surface area contributed by atoms with Crippen LogP contribution in [0.2, 0.25) is 0 Å². The predicted molar refractivity (Wildman–Crippen MR) is 87.7 cm³/mol. The van der Waals surface area contributed by atoms with Crippen LogP contribution in [0.3, 0.4) is 0 Å². The summed E-state index contributed by atoms with van der Waals surface area (Å²) in [5, 5.41) is 6.43. The first-order chi connectivity index (χ1) is 10.1. The van der Waals surface area contributed by atoms with E-state index in [9.17, 15) is 4.79 Å². The van der Waals surface area contributed by atoms with Crippen LogP contribution in [0.25, 0.3) is 0 Å². The van der Waals surface area contributed by atoms with Crippen molar-refractivity contribution in [2.75, 3.05) is 31.5 Å². The van der Waals surface area contributed by atoms with Gasteiger partial charge in [0.15, 0.2) is 0 Å². The molecule has 0 bridgehead atoms. The number of likely N-dealkylation sites (N-methyl/N-ethyl adjacent to an activating group) is 1. The number of hydrogen-bond acceptors (Lipinski definition) is 3. The molecule has 4 heteroatoms. The van der Waals surface area contributed by atoms with E-state index >= 15 is 0 Å². The van der Waals surface area contributed by atoms with Gasteiger partial charge in [0.1, 0.15) is 0 Å². The molecule has 0 unspecified atom stereocenters. The van der Waals surface area contributed by atoms with E-state index in [2.05, 4.69) is 42.4 Å². The second kappa shape index (κ2) is 7.57. The van der Waals surface area contributed by atoms with Crippen LogP contribution in [-0.4, -0.2) is 43.0 Å². The van der Waals surface area contributed by atoms with Crippen molar-refractivity contribution in [1.82, 2.24) is 10.2 Å². The van der Waals surface area contributed by atoms with E-state index in [0.29, 0.717) is 12.6 Å². The maximum atomic E-state index is 12.3. The third-order valence-electron chi connectivity index (χ3n) is 4.46. The second-order valence-electron chi connectivity index (χ2n) is 5.84. The first kappa shape index (κ1) is 16.0. The van der Waals surface area contributed by atoms with Crippen LogP contribution < -0.4 is 10.6 Å². The van der Waals surface area contributed by atoms with Crippen molar-refractivity contribution in [3.63, 3.8) is 0 Å². The molecule has 1 aliphatic rings. The van der Waals surface area contributed by atoms with Crippen LogP contribution in [-0.2, 0) is 4.79 Å². The van der Waals surface area contributed by atoms with Gasteiger partial charge in [0.2, 0.25) is 5.91 Å². The van der Waals surface area contributed by atoms with Crippen molar-refractivity contribution >= 4 is 11.6 Å². The molecule has 4 nitrogen and oxygen atoms in total. The number of hydrogen-bond donors (Lipinski definition) is 2. The van der Waals surface area contributed by atoms with Crippen molar-refractivity contribution < 1.29 is 4.79 Å². The minimum absolute atomic E-state index is 0.0871. The third-order valence-corrected chi connectivity index (χ3v) is 4.46. The smallest absolute Gasteiger partial charge is 0.238 e. The SMILES string of the molecule is CCN(CC(=O)Nc1cccc(C)c1C)C1CCNCC1. The van der Waals surface area contributed by atoms with Crippen molar-refractivity contribution in [2.45, 2.75) is 39.7 Å². The van der Waals surface area contributed by atoms with Gasteiger partial charge >= 0.3 is 0 Å². The van der Waals surface area contributed by atoms with E-state index in [1.54, 1.807) is 0 Å². The monoisotopic (exact) mass is 289 g/mol.